The molecule has 0 fully saturated rings. The van der Waals surface area contributed by atoms with Crippen LogP contribution in [0.1, 0.15) is 12.5 Å². The molecule has 0 amide bonds. The number of hydrogen-bond acceptors (Lipinski definition) is 4. The molecule has 0 aliphatic carbocycles. The largest absolute Gasteiger partial charge is 0.497 e. The van der Waals surface area contributed by atoms with Gasteiger partial charge in [-0.25, -0.2) is 0 Å². The van der Waals surface area contributed by atoms with Crippen molar-refractivity contribution < 1.29 is 14.2 Å². The van der Waals surface area contributed by atoms with Gasteiger partial charge in [0.2, 0.25) is 0 Å². The van der Waals surface area contributed by atoms with Crippen molar-refractivity contribution in [1.82, 2.24) is 5.32 Å². The van der Waals surface area contributed by atoms with Crippen LogP contribution in [-0.2, 0) is 4.74 Å². The molecule has 4 nitrogen and oxygen atoms in total. The first kappa shape index (κ1) is 15.5. The quantitative estimate of drug-likeness (QED) is 0.732. The molecule has 0 spiro atoms. The zero-order chi connectivity index (χ0) is 14.1. The lowest BCUT2D eigenvalue weighted by Crippen LogP contribution is -2.20. The predicted molar refractivity (Wildman–Crippen MR) is 77.9 cm³/mol. The molecule has 106 valence electrons. The maximum atomic E-state index is 5.25. The smallest absolute Gasteiger partial charge is 0.123 e. The van der Waals surface area contributed by atoms with E-state index in [0.29, 0.717) is 0 Å². The summed E-state index contributed by atoms with van der Waals surface area (Å²) in [5, 5.41) is 3.31. The van der Waals surface area contributed by atoms with Gasteiger partial charge in [-0.2, -0.15) is 0 Å². The molecule has 0 atom stereocenters. The fraction of sp³-hybridized carbons (Fsp3) is 0.467. The van der Waals surface area contributed by atoms with Gasteiger partial charge in [-0.15, -0.1) is 0 Å². The minimum absolute atomic E-state index is 0.722. The second-order valence-corrected chi connectivity index (χ2v) is 4.31. The van der Waals surface area contributed by atoms with E-state index in [4.69, 9.17) is 14.2 Å². The van der Waals surface area contributed by atoms with Gasteiger partial charge in [-0.1, -0.05) is 11.6 Å². The molecule has 0 saturated carbocycles. The first-order valence-corrected chi connectivity index (χ1v) is 6.29. The van der Waals surface area contributed by atoms with Gasteiger partial charge in [-0.05, 0) is 24.6 Å². The molecule has 0 aromatic heterocycles. The van der Waals surface area contributed by atoms with E-state index < -0.39 is 0 Å². The molecular weight excluding hydrogens is 242 g/mol. The van der Waals surface area contributed by atoms with Gasteiger partial charge >= 0.3 is 0 Å². The fourth-order valence-corrected chi connectivity index (χ4v) is 1.71. The number of methoxy groups -OCH3 is 3. The summed E-state index contributed by atoms with van der Waals surface area (Å²) in [7, 11) is 5.01. The van der Waals surface area contributed by atoms with Crippen molar-refractivity contribution in [2.24, 2.45) is 0 Å². The Morgan fingerprint density at radius 1 is 1.11 bits per heavy atom. The zero-order valence-corrected chi connectivity index (χ0v) is 12.2. The number of benzene rings is 1. The number of rotatable bonds is 8. The lowest BCUT2D eigenvalue weighted by molar-refractivity contribution is 0.200. The lowest BCUT2D eigenvalue weighted by atomic mass is 10.1. The van der Waals surface area contributed by atoms with Gasteiger partial charge in [0.1, 0.15) is 11.5 Å². The van der Waals surface area contributed by atoms with Crippen molar-refractivity contribution >= 4 is 6.08 Å². The topological polar surface area (TPSA) is 39.7 Å². The van der Waals surface area contributed by atoms with Crippen LogP contribution in [0, 0.1) is 0 Å². The van der Waals surface area contributed by atoms with Crippen LogP contribution in [0.15, 0.2) is 23.8 Å². The van der Waals surface area contributed by atoms with Crippen molar-refractivity contribution in [3.8, 4) is 11.5 Å². The summed E-state index contributed by atoms with van der Waals surface area (Å²) < 4.78 is 15.5. The molecule has 0 unspecified atom stereocenters. The van der Waals surface area contributed by atoms with Gasteiger partial charge in [0.05, 0.1) is 20.8 Å². The Labute approximate surface area is 115 Å². The van der Waals surface area contributed by atoms with E-state index in [1.54, 1.807) is 21.3 Å². The van der Waals surface area contributed by atoms with Crippen LogP contribution in [-0.4, -0.2) is 41.0 Å². The molecule has 0 heterocycles. The highest BCUT2D eigenvalue weighted by Gasteiger charge is 2.00. The molecule has 19 heavy (non-hydrogen) atoms. The monoisotopic (exact) mass is 265 g/mol. The van der Waals surface area contributed by atoms with Crippen LogP contribution in [0.4, 0.5) is 0 Å². The predicted octanol–water partition coefficient (Wildman–Crippen LogP) is 2.34. The van der Waals surface area contributed by atoms with Crippen LogP contribution in [0.2, 0.25) is 0 Å². The average molecular weight is 265 g/mol. The van der Waals surface area contributed by atoms with E-state index in [1.165, 1.54) is 5.57 Å². The minimum Gasteiger partial charge on any atom is -0.497 e. The highest BCUT2D eigenvalue weighted by atomic mass is 16.5. The van der Waals surface area contributed by atoms with Crippen molar-refractivity contribution in [2.45, 2.75) is 6.92 Å². The Kier molecular flexibility index (Phi) is 7.00. The van der Waals surface area contributed by atoms with Gasteiger partial charge in [0.25, 0.3) is 0 Å². The van der Waals surface area contributed by atoms with Crippen LogP contribution in [0.25, 0.3) is 6.08 Å². The summed E-state index contributed by atoms with van der Waals surface area (Å²) in [5.74, 6) is 1.59. The van der Waals surface area contributed by atoms with Crippen molar-refractivity contribution in [3.63, 3.8) is 0 Å². The van der Waals surface area contributed by atoms with E-state index in [9.17, 15) is 0 Å². The summed E-state index contributed by atoms with van der Waals surface area (Å²) in [6.07, 6.45) is 2.12. The van der Waals surface area contributed by atoms with Crippen LogP contribution in [0.3, 0.4) is 0 Å². The molecule has 0 aliphatic rings. The summed E-state index contributed by atoms with van der Waals surface area (Å²) in [6, 6.07) is 5.84. The first-order valence-electron chi connectivity index (χ1n) is 6.29. The Hall–Kier alpha value is -1.52. The summed E-state index contributed by atoms with van der Waals surface area (Å²) >= 11 is 0. The number of nitrogens with one attached hydrogen (secondary N) is 1. The summed E-state index contributed by atoms with van der Waals surface area (Å²) in [6.45, 7) is 4.50. The zero-order valence-electron chi connectivity index (χ0n) is 12.2. The van der Waals surface area contributed by atoms with Crippen molar-refractivity contribution in [1.29, 1.82) is 0 Å². The number of ether oxygens (including phenoxy) is 3. The first-order chi connectivity index (χ1) is 9.19. The molecule has 1 N–H and O–H groups in total. The minimum atomic E-state index is 0.722. The molecule has 0 bridgehead atoms. The Balaban J connectivity index is 2.68. The van der Waals surface area contributed by atoms with Gasteiger partial charge in [-0.3, -0.25) is 0 Å². The number of hydrogen-bond donors (Lipinski definition) is 1. The summed E-state index contributed by atoms with van der Waals surface area (Å²) in [4.78, 5) is 0. The van der Waals surface area contributed by atoms with Crippen LogP contribution < -0.4 is 14.8 Å². The highest BCUT2D eigenvalue weighted by molar-refractivity contribution is 5.57. The Morgan fingerprint density at radius 3 is 2.26 bits per heavy atom. The molecule has 0 aliphatic heterocycles. The van der Waals surface area contributed by atoms with E-state index in [0.717, 1.165) is 36.8 Å². The van der Waals surface area contributed by atoms with Crippen LogP contribution in [0.5, 0.6) is 11.5 Å². The molecular formula is C15H23NO3. The molecule has 0 saturated heterocycles. The van der Waals surface area contributed by atoms with Gasteiger partial charge < -0.3 is 19.5 Å². The summed E-state index contributed by atoms with van der Waals surface area (Å²) in [5.41, 5.74) is 2.31. The van der Waals surface area contributed by atoms with Crippen LogP contribution >= 0.6 is 0 Å². The van der Waals surface area contributed by atoms with E-state index in [1.807, 2.05) is 18.2 Å². The molecule has 0 radical (unpaired) electrons. The van der Waals surface area contributed by atoms with Gasteiger partial charge in [0, 0.05) is 26.3 Å². The van der Waals surface area contributed by atoms with Crippen molar-refractivity contribution in [3.05, 3.63) is 29.3 Å². The van der Waals surface area contributed by atoms with E-state index >= 15 is 0 Å². The second kappa shape index (κ2) is 8.56. The van der Waals surface area contributed by atoms with E-state index in [-0.39, 0.29) is 0 Å². The van der Waals surface area contributed by atoms with Gasteiger partial charge in [0.15, 0.2) is 0 Å². The fourth-order valence-electron chi connectivity index (χ4n) is 1.71. The normalized spacial score (nSPS) is 11.5. The maximum absolute atomic E-state index is 5.25. The lowest BCUT2D eigenvalue weighted by Gasteiger charge is -2.08. The standard InChI is InChI=1S/C15H23NO3/c1-12(11-16-5-6-17-2)7-13-8-14(18-3)10-15(9-13)19-4/h7-10,16H,5-6,11H2,1-4H3. The third-order valence-corrected chi connectivity index (χ3v) is 2.67. The molecule has 1 aromatic rings. The Bertz CT molecular complexity index is 394. The highest BCUT2D eigenvalue weighted by Crippen LogP contribution is 2.23. The van der Waals surface area contributed by atoms with Crippen molar-refractivity contribution in [2.75, 3.05) is 41.0 Å². The Morgan fingerprint density at radius 2 is 1.74 bits per heavy atom. The average Bonchev–Trinajstić information content (AvgIpc) is 2.43. The third kappa shape index (κ3) is 5.77. The molecule has 1 rings (SSSR count). The third-order valence-electron chi connectivity index (χ3n) is 2.67. The molecule has 1 aromatic carbocycles. The SMILES string of the molecule is COCCNCC(C)=Cc1cc(OC)cc(OC)c1. The van der Waals surface area contributed by atoms with E-state index in [2.05, 4.69) is 18.3 Å². The second-order valence-electron chi connectivity index (χ2n) is 4.31. The molecule has 4 heteroatoms. The maximum Gasteiger partial charge on any atom is 0.123 e.